The summed E-state index contributed by atoms with van der Waals surface area (Å²) in [6.07, 6.45) is 3.24. The average Bonchev–Trinajstić information content (AvgIpc) is 2.65. The molecule has 0 aliphatic carbocycles. The maximum absolute atomic E-state index is 12.4. The highest BCUT2D eigenvalue weighted by Gasteiger charge is 2.10. The van der Waals surface area contributed by atoms with Crippen LogP contribution in [0.5, 0.6) is 5.88 Å². The lowest BCUT2D eigenvalue weighted by atomic mass is 10.2. The fourth-order valence-electron chi connectivity index (χ4n) is 2.45. The van der Waals surface area contributed by atoms with E-state index in [4.69, 9.17) is 9.47 Å². The van der Waals surface area contributed by atoms with Gasteiger partial charge in [0, 0.05) is 29.5 Å². The van der Waals surface area contributed by atoms with Crippen LogP contribution in [-0.4, -0.2) is 34.7 Å². The van der Waals surface area contributed by atoms with E-state index in [1.54, 1.807) is 18.3 Å². The van der Waals surface area contributed by atoms with Gasteiger partial charge in [-0.05, 0) is 51.1 Å². The first-order valence-electron chi connectivity index (χ1n) is 8.80. The number of hydrogen-bond donors (Lipinski definition) is 1. The number of nitrogens with zero attached hydrogens (tertiary/aromatic N) is 2. The number of ether oxygens (including phenoxy) is 2. The third-order valence-corrected chi connectivity index (χ3v) is 3.73. The number of rotatable bonds is 6. The van der Waals surface area contributed by atoms with Crippen molar-refractivity contribution in [3.05, 3.63) is 60.4 Å². The van der Waals surface area contributed by atoms with Crippen LogP contribution in [0.1, 0.15) is 31.1 Å². The summed E-state index contributed by atoms with van der Waals surface area (Å²) in [5.74, 6) is 0.231. The molecule has 1 amide bonds. The van der Waals surface area contributed by atoms with Gasteiger partial charge in [0.25, 0.3) is 5.91 Å². The van der Waals surface area contributed by atoms with Gasteiger partial charge < -0.3 is 14.8 Å². The number of carbonyl (C=O) groups is 1. The Bertz CT molecular complexity index is 918. The van der Waals surface area contributed by atoms with Crippen LogP contribution >= 0.6 is 0 Å². The van der Waals surface area contributed by atoms with Gasteiger partial charge in [-0.1, -0.05) is 6.07 Å². The quantitative estimate of drug-likeness (QED) is 0.667. The molecule has 0 spiro atoms. The number of pyridine rings is 2. The molecule has 0 atom stereocenters. The van der Waals surface area contributed by atoms with E-state index in [1.807, 2.05) is 51.1 Å². The van der Waals surface area contributed by atoms with Crippen molar-refractivity contribution in [3.63, 3.8) is 0 Å². The number of benzene rings is 1. The Kier molecular flexibility index (Phi) is 5.66. The Hall–Kier alpha value is -2.99. The zero-order valence-electron chi connectivity index (χ0n) is 15.7. The third-order valence-electron chi connectivity index (χ3n) is 3.73. The standard InChI is InChI=1S/C21H23N3O3/c1-21(2,3)27-12-11-26-19-9-6-16(14-23-19)20(25)24-17-7-8-18-15(13-17)5-4-10-22-18/h4-10,13-14H,11-12H2,1-3H3,(H,24,25). The van der Waals surface area contributed by atoms with Crippen LogP contribution in [0.25, 0.3) is 10.9 Å². The molecule has 0 saturated carbocycles. The van der Waals surface area contributed by atoms with Crippen LogP contribution in [0, 0.1) is 0 Å². The molecule has 3 rings (SSSR count). The second kappa shape index (κ2) is 8.14. The number of nitrogens with one attached hydrogen (secondary N) is 1. The van der Waals surface area contributed by atoms with Crippen molar-refractivity contribution < 1.29 is 14.3 Å². The smallest absolute Gasteiger partial charge is 0.257 e. The summed E-state index contributed by atoms with van der Waals surface area (Å²) >= 11 is 0. The number of carbonyl (C=O) groups excluding carboxylic acids is 1. The van der Waals surface area contributed by atoms with Gasteiger partial charge in [-0.25, -0.2) is 4.98 Å². The van der Waals surface area contributed by atoms with Gasteiger partial charge in [-0.15, -0.1) is 0 Å². The van der Waals surface area contributed by atoms with Gasteiger partial charge in [0.15, 0.2) is 0 Å². The molecule has 0 saturated heterocycles. The highest BCUT2D eigenvalue weighted by molar-refractivity contribution is 6.04. The van der Waals surface area contributed by atoms with Gasteiger partial charge in [-0.2, -0.15) is 0 Å². The van der Waals surface area contributed by atoms with Crippen LogP contribution in [0.2, 0.25) is 0 Å². The van der Waals surface area contributed by atoms with E-state index in [9.17, 15) is 4.79 Å². The Morgan fingerprint density at radius 2 is 1.93 bits per heavy atom. The average molecular weight is 365 g/mol. The lowest BCUT2D eigenvalue weighted by Gasteiger charge is -2.19. The SMILES string of the molecule is CC(C)(C)OCCOc1ccc(C(=O)Nc2ccc3ncccc3c2)cn1. The van der Waals surface area contributed by atoms with Crippen LogP contribution in [0.15, 0.2) is 54.9 Å². The summed E-state index contributed by atoms with van der Waals surface area (Å²) in [6, 6.07) is 12.8. The summed E-state index contributed by atoms with van der Waals surface area (Å²) in [6.45, 7) is 6.85. The molecule has 0 bridgehead atoms. The first kappa shape index (κ1) is 18.8. The lowest BCUT2D eigenvalue weighted by molar-refractivity contribution is -0.0168. The van der Waals surface area contributed by atoms with Crippen LogP contribution in [0.3, 0.4) is 0 Å². The number of anilines is 1. The predicted molar refractivity (Wildman–Crippen MR) is 105 cm³/mol. The number of amides is 1. The highest BCUT2D eigenvalue weighted by atomic mass is 16.5. The molecular weight excluding hydrogens is 342 g/mol. The van der Waals surface area contributed by atoms with E-state index >= 15 is 0 Å². The van der Waals surface area contributed by atoms with Crippen LogP contribution in [-0.2, 0) is 4.74 Å². The monoisotopic (exact) mass is 365 g/mol. The molecule has 0 aliphatic rings. The van der Waals surface area contributed by atoms with Gasteiger partial charge >= 0.3 is 0 Å². The largest absolute Gasteiger partial charge is 0.475 e. The number of aromatic nitrogens is 2. The molecule has 140 valence electrons. The maximum atomic E-state index is 12.4. The summed E-state index contributed by atoms with van der Waals surface area (Å²) in [4.78, 5) is 20.8. The van der Waals surface area contributed by atoms with Crippen molar-refractivity contribution in [2.45, 2.75) is 26.4 Å². The minimum absolute atomic E-state index is 0.197. The second-order valence-electron chi connectivity index (χ2n) is 7.06. The van der Waals surface area contributed by atoms with Crippen molar-refractivity contribution >= 4 is 22.5 Å². The molecule has 2 heterocycles. The van der Waals surface area contributed by atoms with E-state index in [0.717, 1.165) is 10.9 Å². The molecule has 1 N–H and O–H groups in total. The zero-order valence-corrected chi connectivity index (χ0v) is 15.7. The van der Waals surface area contributed by atoms with Gasteiger partial charge in [-0.3, -0.25) is 9.78 Å². The normalized spacial score (nSPS) is 11.4. The van der Waals surface area contributed by atoms with E-state index < -0.39 is 0 Å². The zero-order chi connectivity index (χ0) is 19.3. The molecule has 3 aromatic rings. The van der Waals surface area contributed by atoms with Crippen molar-refractivity contribution in [1.82, 2.24) is 9.97 Å². The molecule has 0 unspecified atom stereocenters. The topological polar surface area (TPSA) is 73.3 Å². The Morgan fingerprint density at radius 1 is 1.07 bits per heavy atom. The predicted octanol–water partition coefficient (Wildman–Crippen LogP) is 4.08. The van der Waals surface area contributed by atoms with Crippen LogP contribution < -0.4 is 10.1 Å². The fourth-order valence-corrected chi connectivity index (χ4v) is 2.45. The number of hydrogen-bond acceptors (Lipinski definition) is 5. The molecule has 2 aromatic heterocycles. The summed E-state index contributed by atoms with van der Waals surface area (Å²) < 4.78 is 11.1. The Balaban J connectivity index is 1.56. The molecule has 0 radical (unpaired) electrons. The fraction of sp³-hybridized carbons (Fsp3) is 0.286. The third kappa shape index (κ3) is 5.49. The maximum Gasteiger partial charge on any atom is 0.257 e. The lowest BCUT2D eigenvalue weighted by Crippen LogP contribution is -2.22. The molecule has 6 nitrogen and oxygen atoms in total. The van der Waals surface area contributed by atoms with Gasteiger partial charge in [0.2, 0.25) is 5.88 Å². The van der Waals surface area contributed by atoms with E-state index in [1.165, 1.54) is 6.20 Å². The van der Waals surface area contributed by atoms with Crippen molar-refractivity contribution in [2.75, 3.05) is 18.5 Å². The summed E-state index contributed by atoms with van der Waals surface area (Å²) in [5, 5.41) is 3.84. The Labute approximate surface area is 158 Å². The second-order valence-corrected chi connectivity index (χ2v) is 7.06. The van der Waals surface area contributed by atoms with E-state index in [2.05, 4.69) is 15.3 Å². The Morgan fingerprint density at radius 3 is 2.67 bits per heavy atom. The van der Waals surface area contributed by atoms with Crippen molar-refractivity contribution in [3.8, 4) is 5.88 Å². The van der Waals surface area contributed by atoms with E-state index in [0.29, 0.717) is 30.3 Å². The molecule has 0 fully saturated rings. The van der Waals surface area contributed by atoms with Crippen LogP contribution in [0.4, 0.5) is 5.69 Å². The van der Waals surface area contributed by atoms with Crippen molar-refractivity contribution in [1.29, 1.82) is 0 Å². The van der Waals surface area contributed by atoms with E-state index in [-0.39, 0.29) is 11.5 Å². The minimum atomic E-state index is -0.228. The highest BCUT2D eigenvalue weighted by Crippen LogP contribution is 2.18. The molecule has 27 heavy (non-hydrogen) atoms. The first-order chi connectivity index (χ1) is 12.9. The molecule has 0 aliphatic heterocycles. The molecule has 6 heteroatoms. The van der Waals surface area contributed by atoms with Gasteiger partial charge in [0.1, 0.15) is 6.61 Å². The number of fused-ring (bicyclic) bond motifs is 1. The summed E-state index contributed by atoms with van der Waals surface area (Å²) in [5.41, 5.74) is 1.85. The van der Waals surface area contributed by atoms with Gasteiger partial charge in [0.05, 0.1) is 23.3 Å². The summed E-state index contributed by atoms with van der Waals surface area (Å²) in [7, 11) is 0. The van der Waals surface area contributed by atoms with Crippen molar-refractivity contribution in [2.24, 2.45) is 0 Å². The minimum Gasteiger partial charge on any atom is -0.475 e. The molecular formula is C21H23N3O3. The molecule has 1 aromatic carbocycles. The first-order valence-corrected chi connectivity index (χ1v) is 8.80.